The predicted octanol–water partition coefficient (Wildman–Crippen LogP) is 0.998. The van der Waals surface area contributed by atoms with Gasteiger partial charge in [0.15, 0.2) is 0 Å². The molecule has 1 heterocycles. The van der Waals surface area contributed by atoms with Gasteiger partial charge in [-0.05, 0) is 30.5 Å². The molecule has 2 N–H and O–H groups in total. The summed E-state index contributed by atoms with van der Waals surface area (Å²) in [7, 11) is 1.63. The highest BCUT2D eigenvalue weighted by molar-refractivity contribution is 5.80. The Morgan fingerprint density at radius 2 is 2.09 bits per heavy atom. The van der Waals surface area contributed by atoms with Crippen LogP contribution >= 0.6 is 0 Å². The van der Waals surface area contributed by atoms with Crippen LogP contribution in [-0.2, 0) is 27.5 Å². The summed E-state index contributed by atoms with van der Waals surface area (Å²) in [5.74, 6) is -1.00. The molecule has 1 aliphatic rings. The molecule has 1 atom stereocenters. The van der Waals surface area contributed by atoms with Crippen molar-refractivity contribution < 1.29 is 19.4 Å². The van der Waals surface area contributed by atoms with Gasteiger partial charge in [0.05, 0.1) is 13.2 Å². The highest BCUT2D eigenvalue weighted by Gasteiger charge is 2.31. The SMILES string of the molecule is COCc1ccccc1CNC(=O)CN1CCC[C@@H]1C(=O)O. The Kier molecular flexibility index (Phi) is 5.91. The van der Waals surface area contributed by atoms with Crippen LogP contribution < -0.4 is 5.32 Å². The Morgan fingerprint density at radius 3 is 2.77 bits per heavy atom. The van der Waals surface area contributed by atoms with Gasteiger partial charge >= 0.3 is 5.97 Å². The standard InChI is InChI=1S/C16H22N2O4/c1-22-11-13-6-3-2-5-12(13)9-17-15(19)10-18-8-4-7-14(18)16(20)21/h2-3,5-6,14H,4,7-11H2,1H3,(H,17,19)(H,20,21)/t14-/m1/s1. The Balaban J connectivity index is 1.87. The number of benzene rings is 1. The van der Waals surface area contributed by atoms with E-state index >= 15 is 0 Å². The van der Waals surface area contributed by atoms with Crippen molar-refractivity contribution in [1.82, 2.24) is 10.2 Å². The predicted molar refractivity (Wildman–Crippen MR) is 81.2 cm³/mol. The number of hydrogen-bond acceptors (Lipinski definition) is 4. The largest absolute Gasteiger partial charge is 0.480 e. The van der Waals surface area contributed by atoms with Gasteiger partial charge in [-0.1, -0.05) is 24.3 Å². The van der Waals surface area contributed by atoms with E-state index in [-0.39, 0.29) is 12.5 Å². The third-order valence-electron chi connectivity index (χ3n) is 3.89. The van der Waals surface area contributed by atoms with Crippen molar-refractivity contribution in [2.24, 2.45) is 0 Å². The monoisotopic (exact) mass is 306 g/mol. The van der Waals surface area contributed by atoms with E-state index in [4.69, 9.17) is 9.84 Å². The van der Waals surface area contributed by atoms with Crippen LogP contribution in [0.25, 0.3) is 0 Å². The highest BCUT2D eigenvalue weighted by Crippen LogP contribution is 2.16. The second kappa shape index (κ2) is 7.91. The fraction of sp³-hybridized carbons (Fsp3) is 0.500. The van der Waals surface area contributed by atoms with Crippen molar-refractivity contribution in [2.75, 3.05) is 20.2 Å². The third kappa shape index (κ3) is 4.29. The average molecular weight is 306 g/mol. The number of aliphatic carboxylic acids is 1. The first-order chi connectivity index (χ1) is 10.6. The number of carbonyl (C=O) groups excluding carboxylic acids is 1. The molecule has 1 fully saturated rings. The summed E-state index contributed by atoms with van der Waals surface area (Å²) in [6.45, 7) is 1.71. The molecule has 1 aliphatic heterocycles. The molecular formula is C16H22N2O4. The van der Waals surface area contributed by atoms with E-state index in [0.29, 0.717) is 26.1 Å². The number of amides is 1. The minimum absolute atomic E-state index is 0.128. The number of carbonyl (C=O) groups is 2. The fourth-order valence-electron chi connectivity index (χ4n) is 2.76. The summed E-state index contributed by atoms with van der Waals surface area (Å²) in [4.78, 5) is 24.9. The van der Waals surface area contributed by atoms with Crippen molar-refractivity contribution in [3.05, 3.63) is 35.4 Å². The zero-order valence-corrected chi connectivity index (χ0v) is 12.7. The van der Waals surface area contributed by atoms with Gasteiger partial charge in [0.1, 0.15) is 6.04 Å². The number of nitrogens with one attached hydrogen (secondary N) is 1. The van der Waals surface area contributed by atoms with Gasteiger partial charge in [-0.25, -0.2) is 0 Å². The molecule has 22 heavy (non-hydrogen) atoms. The van der Waals surface area contributed by atoms with Crippen LogP contribution in [0.1, 0.15) is 24.0 Å². The first kappa shape index (κ1) is 16.5. The van der Waals surface area contributed by atoms with Crippen molar-refractivity contribution in [2.45, 2.75) is 32.0 Å². The molecule has 6 nitrogen and oxygen atoms in total. The lowest BCUT2D eigenvalue weighted by atomic mass is 10.1. The van der Waals surface area contributed by atoms with Crippen LogP contribution in [-0.4, -0.2) is 48.1 Å². The topological polar surface area (TPSA) is 78.9 Å². The van der Waals surface area contributed by atoms with Gasteiger partial charge in [0.25, 0.3) is 0 Å². The van der Waals surface area contributed by atoms with Crippen LogP contribution in [0, 0.1) is 0 Å². The van der Waals surface area contributed by atoms with Gasteiger partial charge in [-0.15, -0.1) is 0 Å². The quantitative estimate of drug-likeness (QED) is 0.785. The number of likely N-dealkylation sites (tertiary alicyclic amines) is 1. The Labute approximate surface area is 130 Å². The summed E-state index contributed by atoms with van der Waals surface area (Å²) < 4.78 is 5.14. The zero-order chi connectivity index (χ0) is 15.9. The Bertz CT molecular complexity index is 533. The maximum atomic E-state index is 12.0. The van der Waals surface area contributed by atoms with Crippen molar-refractivity contribution in [1.29, 1.82) is 0 Å². The van der Waals surface area contributed by atoms with E-state index in [1.165, 1.54) is 0 Å². The molecule has 1 saturated heterocycles. The maximum Gasteiger partial charge on any atom is 0.320 e. The average Bonchev–Trinajstić information content (AvgIpc) is 2.95. The summed E-state index contributed by atoms with van der Waals surface area (Å²) in [5, 5.41) is 12.0. The Hall–Kier alpha value is -1.92. The van der Waals surface area contributed by atoms with E-state index in [9.17, 15) is 9.59 Å². The van der Waals surface area contributed by atoms with Gasteiger partial charge < -0.3 is 15.2 Å². The molecule has 6 heteroatoms. The molecule has 0 bridgehead atoms. The van der Waals surface area contributed by atoms with Gasteiger partial charge in [0.2, 0.25) is 5.91 Å². The second-order valence-electron chi connectivity index (χ2n) is 5.45. The lowest BCUT2D eigenvalue weighted by molar-refractivity contribution is -0.142. The van der Waals surface area contributed by atoms with E-state index < -0.39 is 12.0 Å². The van der Waals surface area contributed by atoms with E-state index in [0.717, 1.165) is 17.5 Å². The number of hydrogen-bond donors (Lipinski definition) is 2. The van der Waals surface area contributed by atoms with E-state index in [2.05, 4.69) is 5.32 Å². The zero-order valence-electron chi connectivity index (χ0n) is 12.7. The summed E-state index contributed by atoms with van der Waals surface area (Å²) in [6, 6.07) is 7.23. The van der Waals surface area contributed by atoms with Crippen LogP contribution in [0.15, 0.2) is 24.3 Å². The third-order valence-corrected chi connectivity index (χ3v) is 3.89. The van der Waals surface area contributed by atoms with E-state index in [1.54, 1.807) is 12.0 Å². The summed E-state index contributed by atoms with van der Waals surface area (Å²) in [6.07, 6.45) is 1.43. The number of carboxylic acids is 1. The first-order valence-corrected chi connectivity index (χ1v) is 7.41. The van der Waals surface area contributed by atoms with Crippen molar-refractivity contribution >= 4 is 11.9 Å². The molecule has 1 aromatic rings. The maximum absolute atomic E-state index is 12.0. The molecule has 0 spiro atoms. The summed E-state index contributed by atoms with van der Waals surface area (Å²) >= 11 is 0. The van der Waals surface area contributed by atoms with Gasteiger partial charge in [-0.3, -0.25) is 14.5 Å². The number of rotatable bonds is 7. The van der Waals surface area contributed by atoms with E-state index in [1.807, 2.05) is 24.3 Å². The lowest BCUT2D eigenvalue weighted by Crippen LogP contribution is -2.42. The van der Waals surface area contributed by atoms with Crippen LogP contribution in [0.4, 0.5) is 0 Å². The van der Waals surface area contributed by atoms with Crippen LogP contribution in [0.3, 0.4) is 0 Å². The summed E-state index contributed by atoms with van der Waals surface area (Å²) in [5.41, 5.74) is 2.05. The van der Waals surface area contributed by atoms with Crippen molar-refractivity contribution in [3.8, 4) is 0 Å². The molecule has 1 amide bonds. The minimum Gasteiger partial charge on any atom is -0.480 e. The van der Waals surface area contributed by atoms with Gasteiger partial charge in [0, 0.05) is 13.7 Å². The first-order valence-electron chi connectivity index (χ1n) is 7.41. The van der Waals surface area contributed by atoms with Crippen LogP contribution in [0.5, 0.6) is 0 Å². The normalized spacial score (nSPS) is 18.3. The smallest absolute Gasteiger partial charge is 0.320 e. The number of nitrogens with zero attached hydrogens (tertiary/aromatic N) is 1. The number of ether oxygens (including phenoxy) is 1. The molecule has 0 radical (unpaired) electrons. The fourth-order valence-corrected chi connectivity index (χ4v) is 2.76. The lowest BCUT2D eigenvalue weighted by Gasteiger charge is -2.20. The number of carboxylic acid groups (broad SMARTS) is 1. The molecular weight excluding hydrogens is 284 g/mol. The van der Waals surface area contributed by atoms with Gasteiger partial charge in [-0.2, -0.15) is 0 Å². The molecule has 2 rings (SSSR count). The Morgan fingerprint density at radius 1 is 1.36 bits per heavy atom. The molecule has 1 aromatic carbocycles. The number of methoxy groups -OCH3 is 1. The van der Waals surface area contributed by atoms with Crippen molar-refractivity contribution in [3.63, 3.8) is 0 Å². The minimum atomic E-state index is -0.851. The second-order valence-corrected chi connectivity index (χ2v) is 5.45. The highest BCUT2D eigenvalue weighted by atomic mass is 16.5. The molecule has 0 saturated carbocycles. The van der Waals surface area contributed by atoms with Crippen LogP contribution in [0.2, 0.25) is 0 Å². The molecule has 0 aliphatic carbocycles. The molecule has 0 unspecified atom stereocenters. The molecule has 120 valence electrons. The molecule has 0 aromatic heterocycles.